The lowest BCUT2D eigenvalue weighted by atomic mass is 10.00. The third kappa shape index (κ3) is 2.93. The van der Waals surface area contributed by atoms with E-state index in [1.165, 1.54) is 10.6 Å². The highest BCUT2D eigenvalue weighted by Crippen LogP contribution is 2.20. The van der Waals surface area contributed by atoms with Gasteiger partial charge in [0.15, 0.2) is 0 Å². The summed E-state index contributed by atoms with van der Waals surface area (Å²) >= 11 is 5.31. The number of halogens is 1. The van der Waals surface area contributed by atoms with Gasteiger partial charge in [0.1, 0.15) is 0 Å². The maximum absolute atomic E-state index is 11.1. The molecule has 0 N–H and O–H groups in total. The first kappa shape index (κ1) is 10.9. The molecule has 1 aliphatic rings. The zero-order valence-electron chi connectivity index (χ0n) is 7.36. The third-order valence-electron chi connectivity index (χ3n) is 2.24. The van der Waals surface area contributed by atoms with Gasteiger partial charge in [-0.3, -0.25) is 4.79 Å². The summed E-state index contributed by atoms with van der Waals surface area (Å²) in [5.41, 5.74) is 0. The molecule has 0 unspecified atom stereocenters. The maximum Gasteiger partial charge on any atom is 0.224 e. The van der Waals surface area contributed by atoms with E-state index in [2.05, 4.69) is 0 Å². The molecule has 0 aromatic rings. The molecule has 0 aromatic carbocycles. The van der Waals surface area contributed by atoms with Gasteiger partial charge in [-0.15, -0.1) is 0 Å². The van der Waals surface area contributed by atoms with Crippen LogP contribution in [-0.2, 0) is 14.8 Å². The number of sulfonamides is 1. The molecule has 0 atom stereocenters. The molecule has 1 saturated heterocycles. The monoisotopic (exact) mass is 225 g/mol. The minimum atomic E-state index is -3.10. The summed E-state index contributed by atoms with van der Waals surface area (Å²) in [6, 6.07) is 0. The second kappa shape index (κ2) is 3.94. The molecule has 0 aromatic heterocycles. The first-order valence-electron chi connectivity index (χ1n) is 4.05. The van der Waals surface area contributed by atoms with E-state index >= 15 is 0 Å². The molecule has 0 saturated carbocycles. The first-order chi connectivity index (χ1) is 5.91. The Kier molecular flexibility index (Phi) is 3.32. The summed E-state index contributed by atoms with van der Waals surface area (Å²) in [5, 5.41) is -0.354. The highest BCUT2D eigenvalue weighted by atomic mass is 35.5. The van der Waals surface area contributed by atoms with Crippen molar-refractivity contribution in [2.75, 3.05) is 19.3 Å². The van der Waals surface area contributed by atoms with Crippen molar-refractivity contribution in [3.05, 3.63) is 0 Å². The predicted molar refractivity (Wildman–Crippen MR) is 50.0 cm³/mol. The predicted octanol–water partition coefficient (Wildman–Crippen LogP) is 0.423. The summed E-state index contributed by atoms with van der Waals surface area (Å²) in [6.45, 7) is 0.809. The highest BCUT2D eigenvalue weighted by Gasteiger charge is 2.27. The van der Waals surface area contributed by atoms with Crippen molar-refractivity contribution >= 4 is 26.9 Å². The van der Waals surface area contributed by atoms with Gasteiger partial charge in [-0.2, -0.15) is 0 Å². The normalized spacial score (nSPS) is 21.7. The maximum atomic E-state index is 11.1. The van der Waals surface area contributed by atoms with Gasteiger partial charge in [0.25, 0.3) is 0 Å². The molecule has 0 spiro atoms. The molecule has 76 valence electrons. The van der Waals surface area contributed by atoms with Gasteiger partial charge < -0.3 is 0 Å². The smallest absolute Gasteiger partial charge is 0.224 e. The van der Waals surface area contributed by atoms with Crippen LogP contribution in [0, 0.1) is 5.92 Å². The van der Waals surface area contributed by atoms with Gasteiger partial charge in [-0.1, -0.05) is 0 Å². The number of hydrogen-bond acceptors (Lipinski definition) is 3. The fourth-order valence-electron chi connectivity index (χ4n) is 1.41. The molecule has 0 radical (unpaired) electrons. The van der Waals surface area contributed by atoms with Crippen molar-refractivity contribution in [1.82, 2.24) is 4.31 Å². The van der Waals surface area contributed by atoms with Crippen LogP contribution in [0.2, 0.25) is 0 Å². The van der Waals surface area contributed by atoms with Gasteiger partial charge in [0, 0.05) is 19.0 Å². The number of carbonyl (C=O) groups excluding carboxylic acids is 1. The van der Waals surface area contributed by atoms with Crippen molar-refractivity contribution in [3.63, 3.8) is 0 Å². The lowest BCUT2D eigenvalue weighted by Crippen LogP contribution is -2.38. The highest BCUT2D eigenvalue weighted by molar-refractivity contribution is 7.88. The van der Waals surface area contributed by atoms with Crippen LogP contribution >= 0.6 is 11.6 Å². The average Bonchev–Trinajstić information content (AvgIpc) is 2.03. The molecule has 6 heteroatoms. The van der Waals surface area contributed by atoms with Crippen LogP contribution < -0.4 is 0 Å². The summed E-state index contributed by atoms with van der Waals surface area (Å²) in [7, 11) is -3.10. The number of hydrogen-bond donors (Lipinski definition) is 0. The van der Waals surface area contributed by atoms with Crippen molar-refractivity contribution < 1.29 is 13.2 Å². The lowest BCUT2D eigenvalue weighted by Gasteiger charge is -2.28. The van der Waals surface area contributed by atoms with E-state index in [1.807, 2.05) is 0 Å². The van der Waals surface area contributed by atoms with E-state index in [4.69, 9.17) is 11.6 Å². The van der Waals surface area contributed by atoms with Gasteiger partial charge in [-0.25, -0.2) is 12.7 Å². The van der Waals surface area contributed by atoms with Crippen molar-refractivity contribution in [2.45, 2.75) is 12.8 Å². The van der Waals surface area contributed by atoms with Crippen LogP contribution in [0.3, 0.4) is 0 Å². The Morgan fingerprint density at radius 1 is 1.38 bits per heavy atom. The minimum absolute atomic E-state index is 0.167. The van der Waals surface area contributed by atoms with Crippen LogP contribution in [0.4, 0.5) is 0 Å². The Morgan fingerprint density at radius 2 is 1.85 bits per heavy atom. The Balaban J connectivity index is 2.53. The van der Waals surface area contributed by atoms with Crippen LogP contribution in [0.15, 0.2) is 0 Å². The minimum Gasteiger partial charge on any atom is -0.281 e. The number of carbonyl (C=O) groups is 1. The summed E-state index contributed by atoms with van der Waals surface area (Å²) in [5.74, 6) is -0.167. The Bertz CT molecular complexity index is 293. The zero-order chi connectivity index (χ0) is 10.1. The zero-order valence-corrected chi connectivity index (χ0v) is 8.94. The molecule has 1 aliphatic heterocycles. The fraction of sp³-hybridized carbons (Fsp3) is 0.857. The quantitative estimate of drug-likeness (QED) is 0.641. The second-order valence-corrected chi connectivity index (χ2v) is 5.60. The van der Waals surface area contributed by atoms with E-state index in [-0.39, 0.29) is 11.2 Å². The first-order valence-corrected chi connectivity index (χ1v) is 6.28. The van der Waals surface area contributed by atoms with Gasteiger partial charge in [0.05, 0.1) is 6.26 Å². The standard InChI is InChI=1S/C7H12ClNO3S/c1-13(11,12)9-4-2-6(3-5-9)7(8)10/h6H,2-5H2,1H3. The lowest BCUT2D eigenvalue weighted by molar-refractivity contribution is -0.116. The molecule has 0 bridgehead atoms. The second-order valence-electron chi connectivity index (χ2n) is 3.24. The molecule has 4 nitrogen and oxygen atoms in total. The molecule has 0 aliphatic carbocycles. The van der Waals surface area contributed by atoms with Crippen molar-refractivity contribution in [3.8, 4) is 0 Å². The average molecular weight is 226 g/mol. The fourth-order valence-corrected chi connectivity index (χ4v) is 2.51. The van der Waals surface area contributed by atoms with E-state index in [1.54, 1.807) is 0 Å². The molecule has 1 rings (SSSR count). The topological polar surface area (TPSA) is 54.5 Å². The van der Waals surface area contributed by atoms with E-state index in [0.29, 0.717) is 25.9 Å². The molecule has 1 fully saturated rings. The number of rotatable bonds is 2. The van der Waals surface area contributed by atoms with E-state index < -0.39 is 10.0 Å². The molecule has 13 heavy (non-hydrogen) atoms. The molecule has 0 amide bonds. The molecule has 1 heterocycles. The van der Waals surface area contributed by atoms with E-state index in [9.17, 15) is 13.2 Å². The Labute approximate surface area is 82.9 Å². The number of nitrogens with zero attached hydrogens (tertiary/aromatic N) is 1. The molecular formula is C7H12ClNO3S. The van der Waals surface area contributed by atoms with Crippen molar-refractivity contribution in [1.29, 1.82) is 0 Å². The molecular weight excluding hydrogens is 214 g/mol. The van der Waals surface area contributed by atoms with Gasteiger partial charge in [0.2, 0.25) is 15.3 Å². The van der Waals surface area contributed by atoms with Gasteiger partial charge in [-0.05, 0) is 24.4 Å². The van der Waals surface area contributed by atoms with Crippen LogP contribution in [0.1, 0.15) is 12.8 Å². The summed E-state index contributed by atoms with van der Waals surface area (Å²) in [4.78, 5) is 10.8. The SMILES string of the molecule is CS(=O)(=O)N1CCC(C(=O)Cl)CC1. The van der Waals surface area contributed by atoms with Crippen LogP contribution in [-0.4, -0.2) is 37.3 Å². The third-order valence-corrected chi connectivity index (χ3v) is 3.86. The Morgan fingerprint density at radius 3 is 2.15 bits per heavy atom. The van der Waals surface area contributed by atoms with Gasteiger partial charge >= 0.3 is 0 Å². The summed E-state index contributed by atoms with van der Waals surface area (Å²) < 4.78 is 23.5. The van der Waals surface area contributed by atoms with Crippen molar-refractivity contribution in [2.24, 2.45) is 5.92 Å². The number of piperidine rings is 1. The van der Waals surface area contributed by atoms with Crippen LogP contribution in [0.25, 0.3) is 0 Å². The Hall–Kier alpha value is -0.130. The largest absolute Gasteiger partial charge is 0.281 e. The summed E-state index contributed by atoms with van der Waals surface area (Å²) in [6.07, 6.45) is 2.25. The van der Waals surface area contributed by atoms with Crippen LogP contribution in [0.5, 0.6) is 0 Å². The van der Waals surface area contributed by atoms with E-state index in [0.717, 1.165) is 0 Å².